The molecule has 4 nitrogen and oxygen atoms in total. The molecule has 0 unspecified atom stereocenters. The first kappa shape index (κ1) is 14.5. The van der Waals surface area contributed by atoms with E-state index in [2.05, 4.69) is 17.1 Å². The third-order valence-corrected chi connectivity index (χ3v) is 3.67. The van der Waals surface area contributed by atoms with Gasteiger partial charge in [-0.3, -0.25) is 4.79 Å². The zero-order chi connectivity index (χ0) is 12.7. The van der Waals surface area contributed by atoms with Crippen LogP contribution < -0.4 is 5.32 Å². The van der Waals surface area contributed by atoms with Crippen molar-refractivity contribution in [3.05, 3.63) is 0 Å². The summed E-state index contributed by atoms with van der Waals surface area (Å²) in [6.45, 7) is 7.86. The van der Waals surface area contributed by atoms with E-state index in [0.717, 1.165) is 25.9 Å². The van der Waals surface area contributed by atoms with E-state index >= 15 is 0 Å². The maximum absolute atomic E-state index is 11.6. The number of ether oxygens (including phenoxy) is 1. The summed E-state index contributed by atoms with van der Waals surface area (Å²) < 4.78 is 5.05. The number of nitrogens with zero attached hydrogens (tertiary/aromatic N) is 1. The van der Waals surface area contributed by atoms with Gasteiger partial charge >= 0.3 is 5.97 Å². The molecular weight excluding hydrogens is 216 g/mol. The highest BCUT2D eigenvalue weighted by molar-refractivity contribution is 5.71. The van der Waals surface area contributed by atoms with E-state index in [1.54, 1.807) is 0 Å². The van der Waals surface area contributed by atoms with Gasteiger partial charge in [0.25, 0.3) is 0 Å². The Balaban J connectivity index is 2.46. The first-order chi connectivity index (χ1) is 8.15. The molecule has 0 aromatic rings. The molecule has 0 spiro atoms. The van der Waals surface area contributed by atoms with Gasteiger partial charge in [-0.05, 0) is 52.9 Å². The van der Waals surface area contributed by atoms with Crippen LogP contribution in [0.1, 0.15) is 39.5 Å². The fourth-order valence-corrected chi connectivity index (χ4v) is 2.52. The number of carbonyl (C=O) groups excluding carboxylic acids is 1. The number of likely N-dealkylation sites (tertiary alicyclic amines) is 1. The Kier molecular flexibility index (Phi) is 5.92. The third kappa shape index (κ3) is 4.28. The molecule has 1 aliphatic heterocycles. The molecule has 1 saturated heterocycles. The van der Waals surface area contributed by atoms with Gasteiger partial charge in [0.2, 0.25) is 0 Å². The number of piperidine rings is 1. The van der Waals surface area contributed by atoms with Crippen LogP contribution in [0, 0.1) is 0 Å². The molecule has 0 saturated carbocycles. The second kappa shape index (κ2) is 6.97. The van der Waals surface area contributed by atoms with Gasteiger partial charge in [-0.15, -0.1) is 0 Å². The molecule has 1 heterocycles. The molecule has 4 heteroatoms. The molecule has 1 N–H and O–H groups in total. The van der Waals surface area contributed by atoms with E-state index in [1.165, 1.54) is 13.0 Å². The van der Waals surface area contributed by atoms with Crippen molar-refractivity contribution in [2.45, 2.75) is 45.1 Å². The molecular formula is C13H26N2O2. The number of hydrogen-bond donors (Lipinski definition) is 1. The first-order valence-corrected chi connectivity index (χ1v) is 6.72. The summed E-state index contributed by atoms with van der Waals surface area (Å²) in [4.78, 5) is 14.1. The maximum atomic E-state index is 11.6. The maximum Gasteiger partial charge on any atom is 0.307 e. The van der Waals surface area contributed by atoms with Gasteiger partial charge in [-0.2, -0.15) is 0 Å². The lowest BCUT2D eigenvalue weighted by Crippen LogP contribution is -2.53. The van der Waals surface area contributed by atoms with Crippen molar-refractivity contribution in [1.82, 2.24) is 10.2 Å². The highest BCUT2D eigenvalue weighted by atomic mass is 16.5. The lowest BCUT2D eigenvalue weighted by molar-refractivity contribution is -0.145. The van der Waals surface area contributed by atoms with Crippen LogP contribution in [0.3, 0.4) is 0 Å². The van der Waals surface area contributed by atoms with E-state index in [1.807, 2.05) is 14.0 Å². The lowest BCUT2D eigenvalue weighted by Gasteiger charge is -2.41. The van der Waals surface area contributed by atoms with Gasteiger partial charge in [0.15, 0.2) is 0 Å². The Morgan fingerprint density at radius 3 is 2.47 bits per heavy atom. The van der Waals surface area contributed by atoms with E-state index in [4.69, 9.17) is 4.74 Å². The van der Waals surface area contributed by atoms with Crippen LogP contribution in [0.2, 0.25) is 0 Å². The molecule has 0 aromatic carbocycles. The first-order valence-electron chi connectivity index (χ1n) is 6.72. The molecule has 0 radical (unpaired) electrons. The summed E-state index contributed by atoms with van der Waals surface area (Å²) in [5.41, 5.74) is -0.0451. The van der Waals surface area contributed by atoms with Gasteiger partial charge < -0.3 is 15.0 Å². The van der Waals surface area contributed by atoms with Gasteiger partial charge in [-0.1, -0.05) is 6.92 Å². The lowest BCUT2D eigenvalue weighted by atomic mass is 9.84. The molecule has 100 valence electrons. The fourth-order valence-electron chi connectivity index (χ4n) is 2.52. The van der Waals surface area contributed by atoms with Crippen molar-refractivity contribution in [3.63, 3.8) is 0 Å². The molecule has 1 fully saturated rings. The van der Waals surface area contributed by atoms with E-state index < -0.39 is 0 Å². The van der Waals surface area contributed by atoms with Crippen molar-refractivity contribution in [1.29, 1.82) is 0 Å². The minimum atomic E-state index is -0.0780. The van der Waals surface area contributed by atoms with Crippen LogP contribution >= 0.6 is 0 Å². The summed E-state index contributed by atoms with van der Waals surface area (Å²) in [7, 11) is 1.95. The summed E-state index contributed by atoms with van der Waals surface area (Å²) in [6, 6.07) is 0. The second-order valence-electron chi connectivity index (χ2n) is 4.85. The van der Waals surface area contributed by atoms with Crippen LogP contribution in [-0.2, 0) is 9.53 Å². The molecule has 1 aliphatic rings. The standard InChI is InChI=1S/C13H26N2O2/c1-4-8-15-9-6-13(14-3,7-10-15)11-12(16)17-5-2/h14H,4-11H2,1-3H3. The Morgan fingerprint density at radius 1 is 1.35 bits per heavy atom. The number of esters is 1. The van der Waals surface area contributed by atoms with Crippen LogP contribution in [0.15, 0.2) is 0 Å². The number of hydrogen-bond acceptors (Lipinski definition) is 4. The van der Waals surface area contributed by atoms with Crippen LogP contribution in [0.4, 0.5) is 0 Å². The number of nitrogens with one attached hydrogen (secondary N) is 1. The average molecular weight is 242 g/mol. The SMILES string of the molecule is CCCN1CCC(CC(=O)OCC)(NC)CC1. The van der Waals surface area contributed by atoms with Crippen molar-refractivity contribution < 1.29 is 9.53 Å². The van der Waals surface area contributed by atoms with E-state index in [-0.39, 0.29) is 11.5 Å². The van der Waals surface area contributed by atoms with Crippen LogP contribution in [0.5, 0.6) is 0 Å². The topological polar surface area (TPSA) is 41.6 Å². The molecule has 1 rings (SSSR count). The van der Waals surface area contributed by atoms with Crippen LogP contribution in [-0.4, -0.2) is 49.7 Å². The molecule has 17 heavy (non-hydrogen) atoms. The van der Waals surface area contributed by atoms with Gasteiger partial charge in [0.1, 0.15) is 0 Å². The molecule has 0 aliphatic carbocycles. The van der Waals surface area contributed by atoms with Crippen molar-refractivity contribution >= 4 is 5.97 Å². The van der Waals surface area contributed by atoms with E-state index in [0.29, 0.717) is 13.0 Å². The smallest absolute Gasteiger partial charge is 0.307 e. The van der Waals surface area contributed by atoms with E-state index in [9.17, 15) is 4.79 Å². The Bertz CT molecular complexity index is 236. The predicted octanol–water partition coefficient (Wildman–Crippen LogP) is 1.40. The third-order valence-electron chi connectivity index (χ3n) is 3.67. The zero-order valence-corrected chi connectivity index (χ0v) is 11.4. The van der Waals surface area contributed by atoms with Crippen LogP contribution in [0.25, 0.3) is 0 Å². The normalized spacial score (nSPS) is 20.2. The van der Waals surface area contributed by atoms with Gasteiger partial charge in [0, 0.05) is 5.54 Å². The Hall–Kier alpha value is -0.610. The summed E-state index contributed by atoms with van der Waals surface area (Å²) in [5.74, 6) is -0.0780. The number of carbonyl (C=O) groups is 1. The number of rotatable bonds is 6. The predicted molar refractivity (Wildman–Crippen MR) is 69.0 cm³/mol. The van der Waals surface area contributed by atoms with Gasteiger partial charge in [0.05, 0.1) is 13.0 Å². The quantitative estimate of drug-likeness (QED) is 0.715. The summed E-state index contributed by atoms with van der Waals surface area (Å²) in [5, 5.41) is 3.34. The minimum Gasteiger partial charge on any atom is -0.466 e. The molecule has 0 amide bonds. The second-order valence-corrected chi connectivity index (χ2v) is 4.85. The summed E-state index contributed by atoms with van der Waals surface area (Å²) in [6.07, 6.45) is 3.76. The zero-order valence-electron chi connectivity index (χ0n) is 11.4. The fraction of sp³-hybridized carbons (Fsp3) is 0.923. The summed E-state index contributed by atoms with van der Waals surface area (Å²) >= 11 is 0. The minimum absolute atomic E-state index is 0.0451. The molecule has 0 aromatic heterocycles. The largest absolute Gasteiger partial charge is 0.466 e. The van der Waals surface area contributed by atoms with Crippen molar-refractivity contribution in [3.8, 4) is 0 Å². The highest BCUT2D eigenvalue weighted by Crippen LogP contribution is 2.26. The van der Waals surface area contributed by atoms with Crippen molar-refractivity contribution in [2.24, 2.45) is 0 Å². The highest BCUT2D eigenvalue weighted by Gasteiger charge is 2.35. The average Bonchev–Trinajstić information content (AvgIpc) is 2.32. The molecule has 0 atom stereocenters. The van der Waals surface area contributed by atoms with Gasteiger partial charge in [-0.25, -0.2) is 0 Å². The van der Waals surface area contributed by atoms with Crippen molar-refractivity contribution in [2.75, 3.05) is 33.3 Å². The monoisotopic (exact) mass is 242 g/mol. The molecule has 0 bridgehead atoms. The Labute approximate surface area is 105 Å². The Morgan fingerprint density at radius 2 is 2.00 bits per heavy atom.